The molecule has 1 fully saturated rings. The van der Waals surface area contributed by atoms with Crippen molar-refractivity contribution >= 4 is 0 Å². The maximum atomic E-state index is 5.96. The first kappa shape index (κ1) is 17.8. The first-order valence-electron chi connectivity index (χ1n) is 9.52. The molecule has 2 aromatic carbocycles. The molecule has 0 unspecified atom stereocenters. The number of para-hydroxylation sites is 2. The molecular formula is C22H29NO2. The largest absolute Gasteiger partial charge is 0.494 e. The van der Waals surface area contributed by atoms with Crippen LogP contribution in [-0.4, -0.2) is 31.2 Å². The van der Waals surface area contributed by atoms with Crippen molar-refractivity contribution < 1.29 is 9.47 Å². The van der Waals surface area contributed by atoms with Crippen LogP contribution in [0.3, 0.4) is 0 Å². The van der Waals surface area contributed by atoms with Gasteiger partial charge in [-0.15, -0.1) is 0 Å². The van der Waals surface area contributed by atoms with Gasteiger partial charge in [0.25, 0.3) is 0 Å². The average Bonchev–Trinajstić information content (AvgIpc) is 2.66. The van der Waals surface area contributed by atoms with Crippen molar-refractivity contribution in [3.63, 3.8) is 0 Å². The van der Waals surface area contributed by atoms with Crippen LogP contribution in [0, 0.1) is 0 Å². The summed E-state index contributed by atoms with van der Waals surface area (Å²) in [6.45, 7) is 7.67. The summed E-state index contributed by atoms with van der Waals surface area (Å²) in [5, 5.41) is 0. The van der Waals surface area contributed by atoms with Crippen LogP contribution in [0.1, 0.15) is 50.3 Å². The lowest BCUT2D eigenvalue weighted by Crippen LogP contribution is -2.34. The molecule has 3 rings (SSSR count). The second-order valence-corrected chi connectivity index (χ2v) is 6.44. The van der Waals surface area contributed by atoms with E-state index in [1.54, 1.807) is 0 Å². The maximum Gasteiger partial charge on any atom is 0.124 e. The van der Waals surface area contributed by atoms with Gasteiger partial charge in [-0.2, -0.15) is 0 Å². The Balaban J connectivity index is 2.08. The van der Waals surface area contributed by atoms with Crippen molar-refractivity contribution in [1.82, 2.24) is 4.90 Å². The summed E-state index contributed by atoms with van der Waals surface area (Å²) in [6.07, 6.45) is 3.83. The molecule has 134 valence electrons. The zero-order valence-corrected chi connectivity index (χ0v) is 15.4. The summed E-state index contributed by atoms with van der Waals surface area (Å²) < 4.78 is 11.9. The highest BCUT2D eigenvalue weighted by atomic mass is 16.5. The van der Waals surface area contributed by atoms with Gasteiger partial charge in [0.2, 0.25) is 0 Å². The standard InChI is InChI=1S/C22H29NO2/c1-3-24-20-14-8-6-12-18(20)22(23-16-10-5-11-17-23)19-13-7-9-15-21(19)25-4-2/h6-9,12-15,22H,3-5,10-11,16-17H2,1-2H3. The number of likely N-dealkylation sites (tertiary alicyclic amines) is 1. The molecule has 1 heterocycles. The number of ether oxygens (including phenoxy) is 2. The number of benzene rings is 2. The molecule has 3 heteroatoms. The summed E-state index contributed by atoms with van der Waals surface area (Å²) in [4.78, 5) is 2.58. The monoisotopic (exact) mass is 339 g/mol. The molecule has 0 saturated carbocycles. The second-order valence-electron chi connectivity index (χ2n) is 6.44. The minimum Gasteiger partial charge on any atom is -0.494 e. The lowest BCUT2D eigenvalue weighted by molar-refractivity contribution is 0.180. The van der Waals surface area contributed by atoms with Gasteiger partial charge in [0, 0.05) is 11.1 Å². The topological polar surface area (TPSA) is 21.7 Å². The van der Waals surface area contributed by atoms with E-state index in [4.69, 9.17) is 9.47 Å². The van der Waals surface area contributed by atoms with Crippen LogP contribution in [0.25, 0.3) is 0 Å². The van der Waals surface area contributed by atoms with E-state index < -0.39 is 0 Å². The van der Waals surface area contributed by atoms with Crippen molar-refractivity contribution in [3.05, 3.63) is 59.7 Å². The van der Waals surface area contributed by atoms with Gasteiger partial charge in [-0.3, -0.25) is 4.90 Å². The van der Waals surface area contributed by atoms with Crippen molar-refractivity contribution in [3.8, 4) is 11.5 Å². The Morgan fingerprint density at radius 1 is 0.760 bits per heavy atom. The lowest BCUT2D eigenvalue weighted by atomic mass is 9.93. The number of piperidine rings is 1. The quantitative estimate of drug-likeness (QED) is 0.704. The maximum absolute atomic E-state index is 5.96. The van der Waals surface area contributed by atoms with Crippen LogP contribution in [0.4, 0.5) is 0 Å². The minimum atomic E-state index is 0.172. The van der Waals surface area contributed by atoms with Gasteiger partial charge in [0.05, 0.1) is 19.3 Å². The molecule has 0 aliphatic carbocycles. The smallest absolute Gasteiger partial charge is 0.124 e. The van der Waals surface area contributed by atoms with Crippen molar-refractivity contribution in [2.24, 2.45) is 0 Å². The summed E-state index contributed by atoms with van der Waals surface area (Å²) in [5.74, 6) is 1.96. The third-order valence-electron chi connectivity index (χ3n) is 4.78. The third-order valence-corrected chi connectivity index (χ3v) is 4.78. The summed E-state index contributed by atoms with van der Waals surface area (Å²) in [5.41, 5.74) is 2.47. The fraction of sp³-hybridized carbons (Fsp3) is 0.455. The second kappa shape index (κ2) is 8.91. The van der Waals surface area contributed by atoms with Crippen LogP contribution in [0.5, 0.6) is 11.5 Å². The van der Waals surface area contributed by atoms with Crippen LogP contribution in [0.2, 0.25) is 0 Å². The Morgan fingerprint density at radius 3 is 1.72 bits per heavy atom. The van der Waals surface area contributed by atoms with E-state index in [0.717, 1.165) is 24.6 Å². The molecule has 0 bridgehead atoms. The molecule has 0 radical (unpaired) electrons. The van der Waals surface area contributed by atoms with Gasteiger partial charge < -0.3 is 9.47 Å². The summed E-state index contributed by atoms with van der Waals surface area (Å²) in [7, 11) is 0. The van der Waals surface area contributed by atoms with Crippen LogP contribution in [0.15, 0.2) is 48.5 Å². The van der Waals surface area contributed by atoms with Gasteiger partial charge in [0.15, 0.2) is 0 Å². The van der Waals surface area contributed by atoms with Crippen molar-refractivity contribution in [2.45, 2.75) is 39.2 Å². The van der Waals surface area contributed by atoms with E-state index in [9.17, 15) is 0 Å². The lowest BCUT2D eigenvalue weighted by Gasteiger charge is -2.36. The fourth-order valence-electron chi connectivity index (χ4n) is 3.72. The molecule has 0 N–H and O–H groups in total. The number of rotatable bonds is 7. The molecule has 1 aliphatic heterocycles. The average molecular weight is 339 g/mol. The van der Waals surface area contributed by atoms with Crippen LogP contribution < -0.4 is 9.47 Å². The molecule has 1 saturated heterocycles. The Morgan fingerprint density at radius 2 is 1.24 bits per heavy atom. The van der Waals surface area contributed by atoms with Gasteiger partial charge >= 0.3 is 0 Å². The summed E-state index contributed by atoms with van der Waals surface area (Å²) in [6, 6.07) is 17.1. The zero-order valence-electron chi connectivity index (χ0n) is 15.4. The Hall–Kier alpha value is -2.00. The first-order valence-corrected chi connectivity index (χ1v) is 9.52. The van der Waals surface area contributed by atoms with E-state index in [-0.39, 0.29) is 6.04 Å². The van der Waals surface area contributed by atoms with Gasteiger partial charge in [-0.05, 0) is 51.9 Å². The Labute approximate surface area is 151 Å². The molecule has 25 heavy (non-hydrogen) atoms. The minimum absolute atomic E-state index is 0.172. The van der Waals surface area contributed by atoms with E-state index in [1.807, 2.05) is 13.8 Å². The molecule has 2 aromatic rings. The Kier molecular flexibility index (Phi) is 6.35. The molecular weight excluding hydrogens is 310 g/mol. The molecule has 0 atom stereocenters. The molecule has 1 aliphatic rings. The number of hydrogen-bond donors (Lipinski definition) is 0. The van der Waals surface area contributed by atoms with Crippen LogP contribution >= 0.6 is 0 Å². The highest BCUT2D eigenvalue weighted by Crippen LogP contribution is 2.40. The predicted molar refractivity (Wildman–Crippen MR) is 102 cm³/mol. The summed E-state index contributed by atoms with van der Waals surface area (Å²) >= 11 is 0. The van der Waals surface area contributed by atoms with E-state index in [2.05, 4.69) is 53.4 Å². The van der Waals surface area contributed by atoms with Gasteiger partial charge in [-0.1, -0.05) is 42.8 Å². The molecule has 3 nitrogen and oxygen atoms in total. The number of nitrogens with zero attached hydrogens (tertiary/aromatic N) is 1. The van der Waals surface area contributed by atoms with Gasteiger partial charge in [0.1, 0.15) is 11.5 Å². The first-order chi connectivity index (χ1) is 12.3. The fourth-order valence-corrected chi connectivity index (χ4v) is 3.72. The van der Waals surface area contributed by atoms with Crippen molar-refractivity contribution in [2.75, 3.05) is 26.3 Å². The highest BCUT2D eigenvalue weighted by Gasteiger charge is 2.28. The van der Waals surface area contributed by atoms with Crippen molar-refractivity contribution in [1.29, 1.82) is 0 Å². The highest BCUT2D eigenvalue weighted by molar-refractivity contribution is 5.46. The van der Waals surface area contributed by atoms with Crippen LogP contribution in [-0.2, 0) is 0 Å². The third kappa shape index (κ3) is 4.16. The normalized spacial score (nSPS) is 15.3. The van der Waals surface area contributed by atoms with Gasteiger partial charge in [-0.25, -0.2) is 0 Å². The SMILES string of the molecule is CCOc1ccccc1C(c1ccccc1OCC)N1CCCCC1. The molecule has 0 spiro atoms. The molecule has 0 amide bonds. The number of hydrogen-bond acceptors (Lipinski definition) is 3. The molecule has 0 aromatic heterocycles. The zero-order chi connectivity index (χ0) is 17.5. The van der Waals surface area contributed by atoms with E-state index in [1.165, 1.54) is 30.4 Å². The van der Waals surface area contributed by atoms with E-state index >= 15 is 0 Å². The Bertz CT molecular complexity index is 615. The van der Waals surface area contributed by atoms with E-state index in [0.29, 0.717) is 13.2 Å². The predicted octanol–water partition coefficient (Wildman–Crippen LogP) is 5.06.